The predicted octanol–water partition coefficient (Wildman–Crippen LogP) is 2.20. The zero-order valence-electron chi connectivity index (χ0n) is 9.42. The molecular formula is C12H17FN2O. The second-order valence-corrected chi connectivity index (χ2v) is 3.71. The van der Waals surface area contributed by atoms with Gasteiger partial charge in [0.05, 0.1) is 0 Å². The van der Waals surface area contributed by atoms with Gasteiger partial charge in [0, 0.05) is 17.7 Å². The minimum absolute atomic E-state index is 0.0952. The van der Waals surface area contributed by atoms with E-state index >= 15 is 0 Å². The molecular weight excluding hydrogens is 207 g/mol. The van der Waals surface area contributed by atoms with Gasteiger partial charge in [-0.3, -0.25) is 4.79 Å². The van der Waals surface area contributed by atoms with Crippen molar-refractivity contribution in [2.75, 3.05) is 11.9 Å². The van der Waals surface area contributed by atoms with E-state index in [0.29, 0.717) is 24.2 Å². The Morgan fingerprint density at radius 1 is 1.44 bits per heavy atom. The van der Waals surface area contributed by atoms with Crippen LogP contribution in [0, 0.1) is 12.7 Å². The molecule has 0 spiro atoms. The van der Waals surface area contributed by atoms with E-state index in [4.69, 9.17) is 5.73 Å². The van der Waals surface area contributed by atoms with E-state index in [1.54, 1.807) is 19.1 Å². The number of hydrogen-bond donors (Lipinski definition) is 2. The van der Waals surface area contributed by atoms with Gasteiger partial charge in [-0.25, -0.2) is 4.39 Å². The number of nitrogens with one attached hydrogen (secondary N) is 1. The summed E-state index contributed by atoms with van der Waals surface area (Å²) in [6.07, 6.45) is 2.01. The van der Waals surface area contributed by atoms with Gasteiger partial charge < -0.3 is 11.1 Å². The summed E-state index contributed by atoms with van der Waals surface area (Å²) in [6, 6.07) is 4.65. The first-order chi connectivity index (χ1) is 7.65. The monoisotopic (exact) mass is 224 g/mol. The highest BCUT2D eigenvalue weighted by Gasteiger charge is 2.06. The molecule has 1 aromatic rings. The highest BCUT2D eigenvalue weighted by atomic mass is 19.1. The summed E-state index contributed by atoms with van der Waals surface area (Å²) in [5, 5.41) is 2.69. The third-order valence-corrected chi connectivity index (χ3v) is 2.40. The van der Waals surface area contributed by atoms with E-state index in [0.717, 1.165) is 12.8 Å². The van der Waals surface area contributed by atoms with Gasteiger partial charge in [-0.15, -0.1) is 0 Å². The predicted molar refractivity (Wildman–Crippen MR) is 62.7 cm³/mol. The fourth-order valence-corrected chi connectivity index (χ4v) is 1.39. The summed E-state index contributed by atoms with van der Waals surface area (Å²) in [6.45, 7) is 2.23. The molecule has 0 atom stereocenters. The zero-order chi connectivity index (χ0) is 12.0. The van der Waals surface area contributed by atoms with Crippen molar-refractivity contribution in [1.82, 2.24) is 0 Å². The van der Waals surface area contributed by atoms with Crippen LogP contribution in [0.5, 0.6) is 0 Å². The van der Waals surface area contributed by atoms with Gasteiger partial charge in [-0.2, -0.15) is 0 Å². The van der Waals surface area contributed by atoms with E-state index in [1.807, 2.05) is 0 Å². The van der Waals surface area contributed by atoms with Crippen LogP contribution in [0.15, 0.2) is 18.2 Å². The van der Waals surface area contributed by atoms with Gasteiger partial charge in [-0.1, -0.05) is 6.07 Å². The number of hydrogen-bond acceptors (Lipinski definition) is 2. The number of nitrogens with two attached hydrogens (primary N) is 1. The van der Waals surface area contributed by atoms with Crippen molar-refractivity contribution in [3.8, 4) is 0 Å². The summed E-state index contributed by atoms with van der Waals surface area (Å²) in [5.74, 6) is -0.401. The molecule has 0 aliphatic carbocycles. The lowest BCUT2D eigenvalue weighted by molar-refractivity contribution is -0.116. The van der Waals surface area contributed by atoms with Gasteiger partial charge in [0.25, 0.3) is 0 Å². The number of unbranched alkanes of at least 4 members (excludes halogenated alkanes) is 1. The van der Waals surface area contributed by atoms with Crippen LogP contribution in [0.2, 0.25) is 0 Å². The Balaban J connectivity index is 2.53. The zero-order valence-corrected chi connectivity index (χ0v) is 9.42. The smallest absolute Gasteiger partial charge is 0.224 e. The number of amides is 1. The SMILES string of the molecule is Cc1c(F)cccc1NC(=O)CCCCN. The lowest BCUT2D eigenvalue weighted by Crippen LogP contribution is -2.13. The van der Waals surface area contributed by atoms with Crippen molar-refractivity contribution >= 4 is 11.6 Å². The van der Waals surface area contributed by atoms with Gasteiger partial charge in [-0.05, 0) is 38.4 Å². The van der Waals surface area contributed by atoms with Crippen molar-refractivity contribution in [3.63, 3.8) is 0 Å². The van der Waals surface area contributed by atoms with Crippen LogP contribution in [-0.4, -0.2) is 12.5 Å². The van der Waals surface area contributed by atoms with E-state index in [2.05, 4.69) is 5.32 Å². The Kier molecular flexibility index (Phi) is 4.92. The first-order valence-electron chi connectivity index (χ1n) is 5.40. The lowest BCUT2D eigenvalue weighted by Gasteiger charge is -2.08. The van der Waals surface area contributed by atoms with Crippen LogP contribution < -0.4 is 11.1 Å². The van der Waals surface area contributed by atoms with Crippen molar-refractivity contribution < 1.29 is 9.18 Å². The normalized spacial score (nSPS) is 10.2. The third kappa shape index (κ3) is 3.62. The van der Waals surface area contributed by atoms with Gasteiger partial charge in [0.1, 0.15) is 5.82 Å². The number of carbonyl (C=O) groups excluding carboxylic acids is 1. The highest BCUT2D eigenvalue weighted by molar-refractivity contribution is 5.91. The van der Waals surface area contributed by atoms with Crippen LogP contribution >= 0.6 is 0 Å². The summed E-state index contributed by atoms with van der Waals surface area (Å²) in [7, 11) is 0. The molecule has 4 heteroatoms. The molecule has 0 unspecified atom stereocenters. The summed E-state index contributed by atoms with van der Waals surface area (Å²) in [4.78, 5) is 11.5. The molecule has 0 aliphatic heterocycles. The van der Waals surface area contributed by atoms with Gasteiger partial charge >= 0.3 is 0 Å². The van der Waals surface area contributed by atoms with Crippen molar-refractivity contribution in [3.05, 3.63) is 29.6 Å². The molecule has 1 amide bonds. The average molecular weight is 224 g/mol. The van der Waals surface area contributed by atoms with Gasteiger partial charge in [0.15, 0.2) is 0 Å². The lowest BCUT2D eigenvalue weighted by atomic mass is 10.1. The van der Waals surface area contributed by atoms with Crippen molar-refractivity contribution in [1.29, 1.82) is 0 Å². The fourth-order valence-electron chi connectivity index (χ4n) is 1.39. The molecule has 16 heavy (non-hydrogen) atoms. The highest BCUT2D eigenvalue weighted by Crippen LogP contribution is 2.17. The van der Waals surface area contributed by atoms with Gasteiger partial charge in [0.2, 0.25) is 5.91 Å². The number of halogens is 1. The molecule has 0 aliphatic rings. The first-order valence-corrected chi connectivity index (χ1v) is 5.40. The topological polar surface area (TPSA) is 55.1 Å². The molecule has 0 fully saturated rings. The summed E-state index contributed by atoms with van der Waals surface area (Å²) in [5.41, 5.74) is 6.34. The van der Waals surface area contributed by atoms with Crippen LogP contribution in [-0.2, 0) is 4.79 Å². The maximum absolute atomic E-state index is 13.2. The molecule has 3 N–H and O–H groups in total. The van der Waals surface area contributed by atoms with E-state index in [9.17, 15) is 9.18 Å². The molecule has 3 nitrogen and oxygen atoms in total. The fraction of sp³-hybridized carbons (Fsp3) is 0.417. The Labute approximate surface area is 94.8 Å². The minimum atomic E-state index is -0.306. The summed E-state index contributed by atoms with van der Waals surface area (Å²) >= 11 is 0. The van der Waals surface area contributed by atoms with E-state index in [-0.39, 0.29) is 11.7 Å². The Morgan fingerprint density at radius 2 is 2.19 bits per heavy atom. The number of benzene rings is 1. The van der Waals surface area contributed by atoms with Crippen LogP contribution in [0.25, 0.3) is 0 Å². The molecule has 0 aromatic heterocycles. The van der Waals surface area contributed by atoms with Crippen LogP contribution in [0.1, 0.15) is 24.8 Å². The Morgan fingerprint density at radius 3 is 2.88 bits per heavy atom. The molecule has 0 heterocycles. The minimum Gasteiger partial charge on any atom is -0.330 e. The maximum atomic E-state index is 13.2. The van der Waals surface area contributed by atoms with Crippen LogP contribution in [0.4, 0.5) is 10.1 Å². The largest absolute Gasteiger partial charge is 0.330 e. The molecule has 0 saturated carbocycles. The van der Waals surface area contributed by atoms with Crippen LogP contribution in [0.3, 0.4) is 0 Å². The Bertz CT molecular complexity index is 366. The molecule has 1 rings (SSSR count). The van der Waals surface area contributed by atoms with E-state index in [1.165, 1.54) is 6.07 Å². The number of carbonyl (C=O) groups is 1. The second kappa shape index (κ2) is 6.23. The number of anilines is 1. The first kappa shape index (κ1) is 12.6. The van der Waals surface area contributed by atoms with Crippen molar-refractivity contribution in [2.24, 2.45) is 5.73 Å². The molecule has 0 bridgehead atoms. The maximum Gasteiger partial charge on any atom is 0.224 e. The Hall–Kier alpha value is -1.42. The molecule has 1 aromatic carbocycles. The molecule has 0 radical (unpaired) electrons. The van der Waals surface area contributed by atoms with E-state index < -0.39 is 0 Å². The average Bonchev–Trinajstić information content (AvgIpc) is 2.25. The second-order valence-electron chi connectivity index (χ2n) is 3.71. The molecule has 88 valence electrons. The van der Waals surface area contributed by atoms with Crippen molar-refractivity contribution in [2.45, 2.75) is 26.2 Å². The standard InChI is InChI=1S/C12H17FN2O/c1-9-10(13)5-4-6-11(9)15-12(16)7-2-3-8-14/h4-6H,2-3,7-8,14H2,1H3,(H,15,16). The quantitative estimate of drug-likeness (QED) is 0.753. The third-order valence-electron chi connectivity index (χ3n) is 2.40. The summed E-state index contributed by atoms with van der Waals surface area (Å²) < 4.78 is 13.2. The molecule has 0 saturated heterocycles. The number of rotatable bonds is 5.